The van der Waals surface area contributed by atoms with Crippen LogP contribution in [0.15, 0.2) is 60.7 Å². The van der Waals surface area contributed by atoms with Gasteiger partial charge >= 0.3 is 5.97 Å². The van der Waals surface area contributed by atoms with E-state index in [1.54, 1.807) is 24.3 Å². The molecule has 0 atom stereocenters. The molecule has 0 aliphatic carbocycles. The average Bonchev–Trinajstić information content (AvgIpc) is 2.61. The normalized spacial score (nSPS) is 10.5. The van der Waals surface area contributed by atoms with Crippen molar-refractivity contribution < 1.29 is 14.3 Å². The average molecular weight is 374 g/mol. The van der Waals surface area contributed by atoms with Crippen LogP contribution in [0, 0.1) is 0 Å². The maximum absolute atomic E-state index is 12.1. The van der Waals surface area contributed by atoms with Gasteiger partial charge in [-0.25, -0.2) is 4.79 Å². The number of nitrogens with one attached hydrogen (secondary N) is 1. The third-order valence-electron chi connectivity index (χ3n) is 3.52. The molecule has 0 aliphatic heterocycles. The maximum Gasteiger partial charge on any atom is 0.338 e. The predicted molar refractivity (Wildman–Crippen MR) is 99.3 cm³/mol. The Kier molecular flexibility index (Phi) is 5.22. The summed E-state index contributed by atoms with van der Waals surface area (Å²) in [6, 6.07) is 17.6. The van der Waals surface area contributed by atoms with Crippen molar-refractivity contribution in [1.29, 1.82) is 0 Å². The maximum atomic E-state index is 12.1. The van der Waals surface area contributed by atoms with Gasteiger partial charge in [-0.3, -0.25) is 4.79 Å². The number of fused-ring (bicyclic) bond motifs is 1. The summed E-state index contributed by atoms with van der Waals surface area (Å²) in [6.45, 7) is -0.412. The summed E-state index contributed by atoms with van der Waals surface area (Å²) in [6.07, 6.45) is 0. The van der Waals surface area contributed by atoms with Crippen LogP contribution in [0.3, 0.4) is 0 Å². The highest BCUT2D eigenvalue weighted by Gasteiger charge is 2.12. The van der Waals surface area contributed by atoms with Crippen LogP contribution in [0.5, 0.6) is 0 Å². The van der Waals surface area contributed by atoms with E-state index in [2.05, 4.69) is 5.32 Å². The number of rotatable bonds is 4. The zero-order valence-electron chi connectivity index (χ0n) is 13.0. The zero-order valence-corrected chi connectivity index (χ0v) is 14.5. The number of ether oxygens (including phenoxy) is 1. The Morgan fingerprint density at radius 2 is 1.68 bits per heavy atom. The third kappa shape index (κ3) is 4.29. The lowest BCUT2D eigenvalue weighted by molar-refractivity contribution is -0.119. The fourth-order valence-electron chi connectivity index (χ4n) is 2.31. The molecule has 0 bridgehead atoms. The summed E-state index contributed by atoms with van der Waals surface area (Å²) >= 11 is 11.8. The number of hydrogen-bond donors (Lipinski definition) is 1. The van der Waals surface area contributed by atoms with Crippen molar-refractivity contribution in [2.24, 2.45) is 0 Å². The highest BCUT2D eigenvalue weighted by atomic mass is 35.5. The molecule has 0 fully saturated rings. The molecular formula is C19H13Cl2NO3. The lowest BCUT2D eigenvalue weighted by atomic mass is 10.1. The molecule has 3 aromatic rings. The lowest BCUT2D eigenvalue weighted by Crippen LogP contribution is -2.21. The van der Waals surface area contributed by atoms with Gasteiger partial charge in [-0.15, -0.1) is 0 Å². The molecule has 126 valence electrons. The molecule has 1 amide bonds. The molecule has 0 unspecified atom stereocenters. The van der Waals surface area contributed by atoms with Gasteiger partial charge in [0.15, 0.2) is 6.61 Å². The lowest BCUT2D eigenvalue weighted by Gasteiger charge is -2.08. The Morgan fingerprint density at radius 1 is 0.920 bits per heavy atom. The number of carbonyl (C=O) groups excluding carboxylic acids is 2. The Hall–Kier alpha value is -2.56. The van der Waals surface area contributed by atoms with Gasteiger partial charge in [0.2, 0.25) is 0 Å². The first-order valence-corrected chi connectivity index (χ1v) is 8.19. The standard InChI is InChI=1S/C19H13Cl2NO3/c20-15-7-8-17(16(21)10-15)22-18(23)11-25-19(24)14-6-5-12-3-1-2-4-13(12)9-14/h1-10H,11H2,(H,22,23). The second kappa shape index (κ2) is 7.55. The minimum Gasteiger partial charge on any atom is -0.452 e. The van der Waals surface area contributed by atoms with Crippen molar-refractivity contribution in [2.75, 3.05) is 11.9 Å². The van der Waals surface area contributed by atoms with Crippen molar-refractivity contribution in [1.82, 2.24) is 0 Å². The number of esters is 1. The van der Waals surface area contributed by atoms with Crippen molar-refractivity contribution in [3.05, 3.63) is 76.3 Å². The second-order valence-electron chi connectivity index (χ2n) is 5.31. The highest BCUT2D eigenvalue weighted by Crippen LogP contribution is 2.25. The Bertz CT molecular complexity index is 956. The molecule has 25 heavy (non-hydrogen) atoms. The van der Waals surface area contributed by atoms with Crippen molar-refractivity contribution in [3.8, 4) is 0 Å². The van der Waals surface area contributed by atoms with E-state index in [9.17, 15) is 9.59 Å². The first-order chi connectivity index (χ1) is 12.0. The summed E-state index contributed by atoms with van der Waals surface area (Å²) in [7, 11) is 0. The molecule has 0 heterocycles. The number of amides is 1. The SMILES string of the molecule is O=C(COC(=O)c1ccc2ccccc2c1)Nc1ccc(Cl)cc1Cl. The molecular weight excluding hydrogens is 361 g/mol. The molecule has 1 N–H and O–H groups in total. The van der Waals surface area contributed by atoms with Gasteiger partial charge < -0.3 is 10.1 Å². The minimum absolute atomic E-state index is 0.307. The summed E-state index contributed by atoms with van der Waals surface area (Å²) in [5.41, 5.74) is 0.786. The van der Waals surface area contributed by atoms with Crippen LogP contribution in [0.1, 0.15) is 10.4 Å². The number of benzene rings is 3. The van der Waals surface area contributed by atoms with Crippen LogP contribution < -0.4 is 5.32 Å². The Morgan fingerprint density at radius 3 is 2.44 bits per heavy atom. The molecule has 4 nitrogen and oxygen atoms in total. The van der Waals surface area contributed by atoms with E-state index in [0.29, 0.717) is 21.3 Å². The molecule has 0 saturated carbocycles. The van der Waals surface area contributed by atoms with E-state index in [1.807, 2.05) is 30.3 Å². The van der Waals surface area contributed by atoms with E-state index in [0.717, 1.165) is 10.8 Å². The molecule has 3 rings (SSSR count). The van der Waals surface area contributed by atoms with Crippen molar-refractivity contribution >= 4 is 51.5 Å². The van der Waals surface area contributed by atoms with Crippen LogP contribution in [0.4, 0.5) is 5.69 Å². The molecule has 0 radical (unpaired) electrons. The third-order valence-corrected chi connectivity index (χ3v) is 4.07. The van der Waals surface area contributed by atoms with Gasteiger partial charge in [0.1, 0.15) is 0 Å². The molecule has 6 heteroatoms. The summed E-state index contributed by atoms with van der Waals surface area (Å²) in [5, 5.41) is 5.29. The number of carbonyl (C=O) groups is 2. The Balaban J connectivity index is 1.61. The van der Waals surface area contributed by atoms with Gasteiger partial charge in [-0.1, -0.05) is 53.5 Å². The number of hydrogen-bond acceptors (Lipinski definition) is 3. The first-order valence-electron chi connectivity index (χ1n) is 7.44. The van der Waals surface area contributed by atoms with Crippen LogP contribution in [-0.4, -0.2) is 18.5 Å². The van der Waals surface area contributed by atoms with Crippen LogP contribution in [0.25, 0.3) is 10.8 Å². The van der Waals surface area contributed by atoms with Gasteiger partial charge in [0, 0.05) is 5.02 Å². The second-order valence-corrected chi connectivity index (χ2v) is 6.15. The Labute approximate surface area is 154 Å². The van der Waals surface area contributed by atoms with Gasteiger partial charge in [-0.05, 0) is 41.1 Å². The van der Waals surface area contributed by atoms with Crippen molar-refractivity contribution in [3.63, 3.8) is 0 Å². The monoisotopic (exact) mass is 373 g/mol. The van der Waals surface area contributed by atoms with E-state index in [4.69, 9.17) is 27.9 Å². The van der Waals surface area contributed by atoms with E-state index in [-0.39, 0.29) is 0 Å². The van der Waals surface area contributed by atoms with E-state index in [1.165, 1.54) is 6.07 Å². The molecule has 3 aromatic carbocycles. The minimum atomic E-state index is -0.567. The molecule has 0 aliphatic rings. The predicted octanol–water partition coefficient (Wildman–Crippen LogP) is 4.94. The van der Waals surface area contributed by atoms with Crippen LogP contribution >= 0.6 is 23.2 Å². The first kappa shape index (κ1) is 17.3. The number of anilines is 1. The summed E-state index contributed by atoms with van der Waals surface area (Å²) in [5.74, 6) is -1.05. The molecule has 0 aromatic heterocycles. The fraction of sp³-hybridized carbons (Fsp3) is 0.0526. The van der Waals surface area contributed by atoms with E-state index >= 15 is 0 Å². The summed E-state index contributed by atoms with van der Waals surface area (Å²) in [4.78, 5) is 24.0. The van der Waals surface area contributed by atoms with Gasteiger partial charge in [-0.2, -0.15) is 0 Å². The molecule has 0 saturated heterocycles. The van der Waals surface area contributed by atoms with Gasteiger partial charge in [0.05, 0.1) is 16.3 Å². The zero-order chi connectivity index (χ0) is 17.8. The highest BCUT2D eigenvalue weighted by molar-refractivity contribution is 6.36. The van der Waals surface area contributed by atoms with E-state index < -0.39 is 18.5 Å². The largest absolute Gasteiger partial charge is 0.452 e. The van der Waals surface area contributed by atoms with Gasteiger partial charge in [0.25, 0.3) is 5.91 Å². The quantitative estimate of drug-likeness (QED) is 0.658. The fourth-order valence-corrected chi connectivity index (χ4v) is 2.76. The van der Waals surface area contributed by atoms with Crippen LogP contribution in [-0.2, 0) is 9.53 Å². The van der Waals surface area contributed by atoms with Crippen molar-refractivity contribution in [2.45, 2.75) is 0 Å². The smallest absolute Gasteiger partial charge is 0.338 e. The topological polar surface area (TPSA) is 55.4 Å². The van der Waals surface area contributed by atoms with Crippen LogP contribution in [0.2, 0.25) is 10.0 Å². The summed E-state index contributed by atoms with van der Waals surface area (Å²) < 4.78 is 5.05. The number of halogens is 2. The molecule has 0 spiro atoms.